The summed E-state index contributed by atoms with van der Waals surface area (Å²) in [7, 11) is 1.45. The second-order valence-electron chi connectivity index (χ2n) is 4.37. The Morgan fingerprint density at radius 3 is 2.71 bits per heavy atom. The molecule has 0 unspecified atom stereocenters. The van der Waals surface area contributed by atoms with Gasteiger partial charge in [-0.05, 0) is 36.5 Å². The Morgan fingerprint density at radius 2 is 2.12 bits per heavy atom. The van der Waals surface area contributed by atoms with Crippen LogP contribution in [-0.2, 0) is 4.74 Å². The summed E-state index contributed by atoms with van der Waals surface area (Å²) >= 11 is 0. The zero-order chi connectivity index (χ0) is 12.3. The molecule has 2 N–H and O–H groups in total. The van der Waals surface area contributed by atoms with E-state index in [4.69, 9.17) is 15.2 Å². The Morgan fingerprint density at radius 1 is 1.41 bits per heavy atom. The van der Waals surface area contributed by atoms with Gasteiger partial charge in [-0.25, -0.2) is 4.39 Å². The van der Waals surface area contributed by atoms with Crippen molar-refractivity contribution in [2.24, 2.45) is 11.7 Å². The minimum Gasteiger partial charge on any atom is -0.494 e. The highest BCUT2D eigenvalue weighted by Crippen LogP contribution is 2.30. The molecule has 0 aliphatic carbocycles. The molecule has 0 bridgehead atoms. The van der Waals surface area contributed by atoms with Crippen molar-refractivity contribution in [2.75, 3.05) is 20.3 Å². The van der Waals surface area contributed by atoms with Gasteiger partial charge in [-0.2, -0.15) is 0 Å². The maximum absolute atomic E-state index is 13.6. The molecule has 0 spiro atoms. The number of hydrogen-bond donors (Lipinski definition) is 1. The molecule has 1 atom stereocenters. The van der Waals surface area contributed by atoms with Crippen LogP contribution in [0.4, 0.5) is 4.39 Å². The highest BCUT2D eigenvalue weighted by atomic mass is 19.1. The monoisotopic (exact) mass is 239 g/mol. The fourth-order valence-corrected chi connectivity index (χ4v) is 2.24. The molecule has 1 saturated heterocycles. The van der Waals surface area contributed by atoms with Crippen LogP contribution in [0.25, 0.3) is 0 Å². The lowest BCUT2D eigenvalue weighted by molar-refractivity contribution is 0.0583. The molecule has 1 aliphatic rings. The van der Waals surface area contributed by atoms with E-state index in [2.05, 4.69) is 0 Å². The van der Waals surface area contributed by atoms with E-state index in [-0.39, 0.29) is 17.6 Å². The number of rotatable bonds is 3. The van der Waals surface area contributed by atoms with E-state index in [9.17, 15) is 4.39 Å². The first-order valence-corrected chi connectivity index (χ1v) is 5.89. The zero-order valence-electron chi connectivity index (χ0n) is 9.99. The van der Waals surface area contributed by atoms with Crippen LogP contribution in [0.3, 0.4) is 0 Å². The number of methoxy groups -OCH3 is 1. The molecule has 1 heterocycles. The van der Waals surface area contributed by atoms with Crippen molar-refractivity contribution in [1.29, 1.82) is 0 Å². The standard InChI is InChI=1S/C13H18FNO2/c1-16-12-3-2-10(8-11(12)14)13(15)9-4-6-17-7-5-9/h2-3,8-9,13H,4-7,15H2,1H3/t13-/m1/s1. The number of benzene rings is 1. The van der Waals surface area contributed by atoms with E-state index >= 15 is 0 Å². The second-order valence-corrected chi connectivity index (χ2v) is 4.37. The Bertz CT molecular complexity index is 378. The normalized spacial score (nSPS) is 19.0. The molecule has 1 aromatic carbocycles. The molecule has 0 radical (unpaired) electrons. The summed E-state index contributed by atoms with van der Waals surface area (Å²) in [6.45, 7) is 1.49. The predicted octanol–water partition coefficient (Wildman–Crippen LogP) is 2.26. The fraction of sp³-hybridized carbons (Fsp3) is 0.538. The van der Waals surface area contributed by atoms with Crippen LogP contribution in [0.5, 0.6) is 5.75 Å². The van der Waals surface area contributed by atoms with Crippen molar-refractivity contribution in [3.05, 3.63) is 29.6 Å². The highest BCUT2D eigenvalue weighted by Gasteiger charge is 2.22. The highest BCUT2D eigenvalue weighted by molar-refractivity contribution is 5.31. The Labute approximate surface area is 101 Å². The average molecular weight is 239 g/mol. The van der Waals surface area contributed by atoms with Crippen LogP contribution in [0.1, 0.15) is 24.4 Å². The number of hydrogen-bond acceptors (Lipinski definition) is 3. The molecule has 1 aliphatic heterocycles. The van der Waals surface area contributed by atoms with E-state index in [1.807, 2.05) is 6.07 Å². The van der Waals surface area contributed by atoms with Crippen LogP contribution in [0.15, 0.2) is 18.2 Å². The molecule has 3 nitrogen and oxygen atoms in total. The first-order chi connectivity index (χ1) is 8.22. The summed E-state index contributed by atoms with van der Waals surface area (Å²) in [5.74, 6) is 0.275. The third-order valence-corrected chi connectivity index (χ3v) is 3.33. The molecule has 17 heavy (non-hydrogen) atoms. The SMILES string of the molecule is COc1ccc([C@H](N)C2CCOCC2)cc1F. The molecule has 1 fully saturated rings. The Hall–Kier alpha value is -1.13. The molecule has 4 heteroatoms. The van der Waals surface area contributed by atoms with Crippen LogP contribution in [0, 0.1) is 11.7 Å². The van der Waals surface area contributed by atoms with Crippen molar-refractivity contribution in [2.45, 2.75) is 18.9 Å². The van der Waals surface area contributed by atoms with Gasteiger partial charge in [0.05, 0.1) is 7.11 Å². The molecule has 0 amide bonds. The van der Waals surface area contributed by atoms with Gasteiger partial charge in [0.1, 0.15) is 0 Å². The van der Waals surface area contributed by atoms with Gasteiger partial charge in [0.25, 0.3) is 0 Å². The predicted molar refractivity (Wildman–Crippen MR) is 63.4 cm³/mol. The maximum atomic E-state index is 13.6. The van der Waals surface area contributed by atoms with Crippen LogP contribution in [0.2, 0.25) is 0 Å². The lowest BCUT2D eigenvalue weighted by Crippen LogP contribution is -2.27. The van der Waals surface area contributed by atoms with Gasteiger partial charge in [0.2, 0.25) is 0 Å². The lowest BCUT2D eigenvalue weighted by Gasteiger charge is -2.28. The number of nitrogens with two attached hydrogens (primary N) is 1. The summed E-state index contributed by atoms with van der Waals surface area (Å²) in [4.78, 5) is 0. The van der Waals surface area contributed by atoms with E-state index < -0.39 is 0 Å². The summed E-state index contributed by atoms with van der Waals surface area (Å²) in [5.41, 5.74) is 7.00. The van der Waals surface area contributed by atoms with E-state index in [0.717, 1.165) is 31.6 Å². The average Bonchev–Trinajstić information content (AvgIpc) is 2.39. The number of halogens is 1. The quantitative estimate of drug-likeness (QED) is 0.880. The van der Waals surface area contributed by atoms with Crippen LogP contribution < -0.4 is 10.5 Å². The molecule has 94 valence electrons. The van der Waals surface area contributed by atoms with Crippen molar-refractivity contribution >= 4 is 0 Å². The van der Waals surface area contributed by atoms with Gasteiger partial charge in [-0.1, -0.05) is 6.07 Å². The Balaban J connectivity index is 2.12. The molecular weight excluding hydrogens is 221 g/mol. The van der Waals surface area contributed by atoms with Crippen LogP contribution in [-0.4, -0.2) is 20.3 Å². The molecule has 1 aromatic rings. The summed E-state index contributed by atoms with van der Waals surface area (Å²) in [6, 6.07) is 4.81. The van der Waals surface area contributed by atoms with E-state index in [1.165, 1.54) is 13.2 Å². The van der Waals surface area contributed by atoms with Gasteiger partial charge >= 0.3 is 0 Å². The summed E-state index contributed by atoms with van der Waals surface area (Å²) < 4.78 is 23.8. The molecular formula is C13H18FNO2. The van der Waals surface area contributed by atoms with E-state index in [1.54, 1.807) is 6.07 Å². The maximum Gasteiger partial charge on any atom is 0.165 e. The molecule has 0 aromatic heterocycles. The minimum atomic E-state index is -0.354. The first kappa shape index (κ1) is 12.3. The van der Waals surface area contributed by atoms with Gasteiger partial charge in [-0.3, -0.25) is 0 Å². The van der Waals surface area contributed by atoms with Crippen molar-refractivity contribution in [1.82, 2.24) is 0 Å². The van der Waals surface area contributed by atoms with Crippen molar-refractivity contribution in [3.8, 4) is 5.75 Å². The lowest BCUT2D eigenvalue weighted by atomic mass is 9.88. The fourth-order valence-electron chi connectivity index (χ4n) is 2.24. The molecule has 0 saturated carbocycles. The van der Waals surface area contributed by atoms with E-state index in [0.29, 0.717) is 5.92 Å². The summed E-state index contributed by atoms with van der Waals surface area (Å²) in [6.07, 6.45) is 1.88. The van der Waals surface area contributed by atoms with Crippen molar-refractivity contribution in [3.63, 3.8) is 0 Å². The number of ether oxygens (including phenoxy) is 2. The van der Waals surface area contributed by atoms with Crippen LogP contribution >= 0.6 is 0 Å². The topological polar surface area (TPSA) is 44.5 Å². The van der Waals surface area contributed by atoms with Gasteiger partial charge in [0, 0.05) is 19.3 Å². The first-order valence-electron chi connectivity index (χ1n) is 5.89. The third-order valence-electron chi connectivity index (χ3n) is 3.33. The third kappa shape index (κ3) is 2.76. The largest absolute Gasteiger partial charge is 0.494 e. The zero-order valence-corrected chi connectivity index (χ0v) is 9.99. The summed E-state index contributed by atoms with van der Waals surface area (Å²) in [5, 5.41) is 0. The Kier molecular flexibility index (Phi) is 3.97. The smallest absolute Gasteiger partial charge is 0.165 e. The minimum absolute atomic E-state index is 0.126. The second kappa shape index (κ2) is 5.47. The van der Waals surface area contributed by atoms with Gasteiger partial charge in [-0.15, -0.1) is 0 Å². The van der Waals surface area contributed by atoms with Gasteiger partial charge in [0.15, 0.2) is 11.6 Å². The van der Waals surface area contributed by atoms with Gasteiger partial charge < -0.3 is 15.2 Å². The molecule has 2 rings (SSSR count). The van der Waals surface area contributed by atoms with Crippen molar-refractivity contribution < 1.29 is 13.9 Å².